The molecule has 0 aliphatic heterocycles. The zero-order valence-corrected chi connectivity index (χ0v) is 60.9. The zero-order valence-electron chi connectivity index (χ0n) is 60.9. The number of aromatic nitrogens is 8. The van der Waals surface area contributed by atoms with Gasteiger partial charge in [0, 0.05) is 121 Å². The zero-order chi connectivity index (χ0) is 74.9. The summed E-state index contributed by atoms with van der Waals surface area (Å²) in [6.07, 6.45) is 0. The van der Waals surface area contributed by atoms with Crippen LogP contribution in [0.3, 0.4) is 0 Å². The van der Waals surface area contributed by atoms with Gasteiger partial charge < -0.3 is 26.8 Å². The molecule has 0 saturated carbocycles. The molecule has 24 rings (SSSR count). The Kier molecular flexibility index (Phi) is 14.7. The molecule has 0 unspecified atom stereocenters. The van der Waals surface area contributed by atoms with Crippen LogP contribution >= 0.6 is 0 Å². The molecule has 16 aromatic carbocycles. The molecule has 0 bridgehead atoms. The van der Waals surface area contributed by atoms with Crippen molar-refractivity contribution < 1.29 is 17.7 Å². The normalized spacial score (nSPS) is 11.9. The van der Waals surface area contributed by atoms with Gasteiger partial charge in [-0.15, -0.1) is 0 Å². The third kappa shape index (κ3) is 10.5. The van der Waals surface area contributed by atoms with E-state index < -0.39 is 0 Å². The van der Waals surface area contributed by atoms with Crippen molar-refractivity contribution in [3.05, 3.63) is 364 Å². The Hall–Kier alpha value is -15.7. The van der Waals surface area contributed by atoms with Gasteiger partial charge >= 0.3 is 0 Å². The third-order valence-electron chi connectivity index (χ3n) is 22.1. The van der Waals surface area contributed by atoms with E-state index in [1.807, 2.05) is 158 Å². The molecule has 8 heterocycles. The highest BCUT2D eigenvalue weighted by atomic mass is 16.4. The molecule has 12 nitrogen and oxygen atoms in total. The molecule has 0 aliphatic rings. The van der Waals surface area contributed by atoms with E-state index in [1.165, 1.54) is 10.8 Å². The average Bonchev–Trinajstić information content (AvgIpc) is 1.58. The van der Waals surface area contributed by atoms with Crippen molar-refractivity contribution in [2.75, 3.05) is 0 Å². The highest BCUT2D eigenvalue weighted by Crippen LogP contribution is 2.46. The fraction of sp³-hybridized carbons (Fsp3) is 0. The quantitative estimate of drug-likeness (QED) is 0.130. The lowest BCUT2D eigenvalue weighted by Gasteiger charge is -2.12. The maximum atomic E-state index is 6.77. The van der Waals surface area contributed by atoms with Gasteiger partial charge in [0.05, 0.1) is 22.1 Å². The van der Waals surface area contributed by atoms with Gasteiger partial charge in [0.2, 0.25) is 0 Å². The number of furan rings is 4. The highest BCUT2D eigenvalue weighted by molar-refractivity contribution is 6.23. The first-order valence-corrected chi connectivity index (χ1v) is 38.0. The standard InChI is InChI=1S/2C51H30N4O2/c1-3-13-31(14-4-1)49-52-50(32-15-5-2-6-16-32)54-51(53-49)34-17-11-18-35(29-34)55-43-23-9-7-19-37(43)42-30-33(25-28-44(42)55)36-21-12-22-39-41-27-26-40-38-20-8-10-24-45(38)56-47(40)48(41)57-46(36)39;1-3-12-31(13-4-1)49-52-50(32-14-5-2-6-15-32)54-51(53-49)33-22-25-35(26-23-33)55-43-20-9-7-16-37(43)42-30-34(24-29-44(42)55)36-18-11-19-39-41-28-27-40-38-17-8-10-21-45(38)56-47(40)48(41)57-46(36)39/h2*1-30H. The van der Waals surface area contributed by atoms with Crippen LogP contribution in [0.2, 0.25) is 0 Å². The summed E-state index contributed by atoms with van der Waals surface area (Å²) >= 11 is 0. The van der Waals surface area contributed by atoms with E-state index >= 15 is 0 Å². The number of para-hydroxylation sites is 6. The Morgan fingerprint density at radius 1 is 0.167 bits per heavy atom. The van der Waals surface area contributed by atoms with E-state index in [-0.39, 0.29) is 0 Å². The van der Waals surface area contributed by atoms with E-state index in [2.05, 4.69) is 215 Å². The largest absolute Gasteiger partial charge is 0.452 e. The van der Waals surface area contributed by atoms with Gasteiger partial charge in [-0.2, -0.15) is 0 Å². The Morgan fingerprint density at radius 3 is 0.895 bits per heavy atom. The molecule has 0 fully saturated rings. The predicted molar refractivity (Wildman–Crippen MR) is 461 cm³/mol. The van der Waals surface area contributed by atoms with Gasteiger partial charge in [0.1, 0.15) is 22.3 Å². The fourth-order valence-corrected chi connectivity index (χ4v) is 16.8. The summed E-state index contributed by atoms with van der Waals surface area (Å²) < 4.78 is 30.9. The van der Waals surface area contributed by atoms with Crippen molar-refractivity contribution in [2.45, 2.75) is 0 Å². The van der Waals surface area contributed by atoms with Crippen molar-refractivity contribution in [2.24, 2.45) is 0 Å². The van der Waals surface area contributed by atoms with E-state index in [4.69, 9.17) is 47.6 Å². The minimum atomic E-state index is 0.617. The average molecular weight is 1460 g/mol. The maximum Gasteiger partial charge on any atom is 0.178 e. The van der Waals surface area contributed by atoms with Crippen LogP contribution in [0.4, 0.5) is 0 Å². The van der Waals surface area contributed by atoms with Crippen LogP contribution in [0.5, 0.6) is 0 Å². The van der Waals surface area contributed by atoms with E-state index in [0.29, 0.717) is 34.9 Å². The van der Waals surface area contributed by atoms with Gasteiger partial charge in [0.15, 0.2) is 57.3 Å². The topological polar surface area (TPSA) is 140 Å². The van der Waals surface area contributed by atoms with Crippen molar-refractivity contribution in [3.63, 3.8) is 0 Å². The molecule has 8 aromatic heterocycles. The molecule has 0 amide bonds. The second-order valence-corrected chi connectivity index (χ2v) is 28.7. The summed E-state index contributed by atoms with van der Waals surface area (Å²) in [4.78, 5) is 29.7. The summed E-state index contributed by atoms with van der Waals surface area (Å²) in [5.74, 6) is 3.80. The monoisotopic (exact) mass is 1460 g/mol. The molecule has 0 saturated heterocycles. The molecule has 0 N–H and O–H groups in total. The number of rotatable bonds is 10. The molecule has 0 atom stereocenters. The Balaban J connectivity index is 0.000000135. The van der Waals surface area contributed by atoms with Crippen LogP contribution in [-0.4, -0.2) is 39.0 Å². The molecule has 0 spiro atoms. The summed E-state index contributed by atoms with van der Waals surface area (Å²) in [7, 11) is 0. The van der Waals surface area contributed by atoms with E-state index in [1.54, 1.807) is 0 Å². The Morgan fingerprint density at radius 2 is 0.465 bits per heavy atom. The predicted octanol–water partition coefficient (Wildman–Crippen LogP) is 26.9. The van der Waals surface area contributed by atoms with Crippen molar-refractivity contribution >= 4 is 131 Å². The minimum absolute atomic E-state index is 0.617. The van der Waals surface area contributed by atoms with E-state index in [9.17, 15) is 0 Å². The number of hydrogen-bond acceptors (Lipinski definition) is 10. The smallest absolute Gasteiger partial charge is 0.178 e. The number of hydrogen-bond donors (Lipinski definition) is 0. The lowest BCUT2D eigenvalue weighted by Crippen LogP contribution is -2.01. The minimum Gasteiger partial charge on any atom is -0.452 e. The molecular formula is C102H60N8O4. The lowest BCUT2D eigenvalue weighted by molar-refractivity contribution is 0.634. The van der Waals surface area contributed by atoms with Crippen LogP contribution in [0.1, 0.15) is 0 Å². The Bertz CT molecular complexity index is 7860. The maximum absolute atomic E-state index is 6.77. The highest BCUT2D eigenvalue weighted by Gasteiger charge is 2.24. The fourth-order valence-electron chi connectivity index (χ4n) is 16.8. The van der Waals surface area contributed by atoms with Crippen molar-refractivity contribution in [1.82, 2.24) is 39.0 Å². The lowest BCUT2D eigenvalue weighted by atomic mass is 10.00. The van der Waals surface area contributed by atoms with Crippen LogP contribution < -0.4 is 0 Å². The molecule has 12 heteroatoms. The summed E-state index contributed by atoms with van der Waals surface area (Å²) in [6, 6.07) is 126. The van der Waals surface area contributed by atoms with Crippen LogP contribution in [-0.2, 0) is 0 Å². The van der Waals surface area contributed by atoms with Crippen molar-refractivity contribution in [3.8, 4) is 102 Å². The third-order valence-corrected chi connectivity index (χ3v) is 22.1. The number of fused-ring (bicyclic) bond motifs is 20. The van der Waals surface area contributed by atoms with Crippen LogP contribution in [0.15, 0.2) is 382 Å². The van der Waals surface area contributed by atoms with Crippen molar-refractivity contribution in [1.29, 1.82) is 0 Å². The first-order chi connectivity index (χ1) is 56.5. The van der Waals surface area contributed by atoms with Gasteiger partial charge in [-0.25, -0.2) is 29.9 Å². The second kappa shape index (κ2) is 26.0. The summed E-state index contributed by atoms with van der Waals surface area (Å²) in [5.41, 5.74) is 22.9. The summed E-state index contributed by atoms with van der Waals surface area (Å²) in [6.45, 7) is 0. The van der Waals surface area contributed by atoms with Gasteiger partial charge in [-0.05, 0) is 120 Å². The molecule has 532 valence electrons. The Labute approximate surface area is 650 Å². The molecular weight excluding hydrogens is 1400 g/mol. The molecule has 114 heavy (non-hydrogen) atoms. The number of benzene rings is 16. The first-order valence-electron chi connectivity index (χ1n) is 38.0. The molecule has 24 aromatic rings. The van der Waals surface area contributed by atoms with Gasteiger partial charge in [-0.3, -0.25) is 0 Å². The first kappa shape index (κ1) is 64.3. The second-order valence-electron chi connectivity index (χ2n) is 28.7. The summed E-state index contributed by atoms with van der Waals surface area (Å²) in [5, 5.41) is 13.2. The molecule has 0 radical (unpaired) electrons. The number of nitrogens with zero attached hydrogens (tertiary/aromatic N) is 8. The SMILES string of the molecule is c1ccc(-c2nc(-c3ccccc3)nc(-c3ccc(-n4c5ccccc5c5cc(-c6cccc7c6oc6c7ccc7c8ccccc8oc76)ccc54)cc3)n2)cc1.c1ccc(-c2nc(-c3ccccc3)nc(-c3cccc(-n4c5ccccc5c5cc(-c6cccc7c6oc6c7ccc7c8ccccc8oc76)ccc54)c3)n2)cc1. The van der Waals surface area contributed by atoms with E-state index in [0.717, 1.165) is 188 Å². The van der Waals surface area contributed by atoms with Crippen LogP contribution in [0, 0.1) is 0 Å². The van der Waals surface area contributed by atoms with Gasteiger partial charge in [-0.1, -0.05) is 255 Å². The molecule has 0 aliphatic carbocycles. The van der Waals surface area contributed by atoms with Gasteiger partial charge in [0.25, 0.3) is 0 Å². The van der Waals surface area contributed by atoms with Crippen LogP contribution in [0.25, 0.3) is 233 Å².